The van der Waals surface area contributed by atoms with Crippen molar-refractivity contribution in [1.29, 1.82) is 0 Å². The van der Waals surface area contributed by atoms with Crippen molar-refractivity contribution in [2.45, 2.75) is 22.7 Å². The van der Waals surface area contributed by atoms with Crippen LogP contribution in [0.3, 0.4) is 0 Å². The van der Waals surface area contributed by atoms with Crippen molar-refractivity contribution in [3.63, 3.8) is 0 Å². The molecule has 1 unspecified atom stereocenters. The van der Waals surface area contributed by atoms with E-state index in [9.17, 15) is 13.2 Å². The second kappa shape index (κ2) is 4.67. The van der Waals surface area contributed by atoms with Gasteiger partial charge in [0.05, 0.1) is 5.56 Å². The molecule has 0 saturated carbocycles. The van der Waals surface area contributed by atoms with Crippen molar-refractivity contribution in [1.82, 2.24) is 5.32 Å². The zero-order valence-corrected chi connectivity index (χ0v) is 9.37. The van der Waals surface area contributed by atoms with Gasteiger partial charge in [-0.15, -0.1) is 11.8 Å². The highest BCUT2D eigenvalue weighted by Crippen LogP contribution is 2.38. The summed E-state index contributed by atoms with van der Waals surface area (Å²) in [6, 6.07) is 5.77. The van der Waals surface area contributed by atoms with E-state index in [1.54, 1.807) is 12.1 Å². The van der Waals surface area contributed by atoms with Gasteiger partial charge in [0.2, 0.25) is 0 Å². The first kappa shape index (κ1) is 11.8. The van der Waals surface area contributed by atoms with Crippen LogP contribution < -0.4 is 5.32 Å². The van der Waals surface area contributed by atoms with E-state index in [4.69, 9.17) is 0 Å². The molecular formula is C11H12F3NS. The number of rotatable bonds is 2. The predicted molar refractivity (Wildman–Crippen MR) is 58.6 cm³/mol. The van der Waals surface area contributed by atoms with Gasteiger partial charge in [0.1, 0.15) is 0 Å². The minimum atomic E-state index is -4.25. The number of nitrogens with one attached hydrogen (secondary N) is 1. The molecule has 0 aromatic heterocycles. The molecule has 1 aliphatic heterocycles. The van der Waals surface area contributed by atoms with Crippen molar-refractivity contribution in [3.05, 3.63) is 29.8 Å². The van der Waals surface area contributed by atoms with E-state index in [0.717, 1.165) is 25.6 Å². The number of alkyl halides is 3. The topological polar surface area (TPSA) is 12.0 Å². The average molecular weight is 247 g/mol. The van der Waals surface area contributed by atoms with Crippen LogP contribution in [0.4, 0.5) is 13.2 Å². The fourth-order valence-corrected chi connectivity index (χ4v) is 2.98. The van der Waals surface area contributed by atoms with Crippen molar-refractivity contribution in [2.24, 2.45) is 0 Å². The minimum Gasteiger partial charge on any atom is -0.316 e. The summed E-state index contributed by atoms with van der Waals surface area (Å²) in [5.41, 5.74) is -0.521. The van der Waals surface area contributed by atoms with Gasteiger partial charge >= 0.3 is 6.18 Å². The van der Waals surface area contributed by atoms with E-state index < -0.39 is 11.7 Å². The van der Waals surface area contributed by atoms with Gasteiger partial charge in [-0.1, -0.05) is 12.1 Å². The highest BCUT2D eigenvalue weighted by atomic mass is 32.2. The fraction of sp³-hybridized carbons (Fsp3) is 0.455. The average Bonchev–Trinajstić information content (AvgIpc) is 2.70. The lowest BCUT2D eigenvalue weighted by atomic mass is 10.2. The van der Waals surface area contributed by atoms with E-state index >= 15 is 0 Å². The van der Waals surface area contributed by atoms with E-state index in [1.807, 2.05) is 0 Å². The molecule has 0 bridgehead atoms. The molecule has 1 heterocycles. The molecule has 1 atom stereocenters. The van der Waals surface area contributed by atoms with Crippen molar-refractivity contribution >= 4 is 11.8 Å². The normalized spacial score (nSPS) is 21.3. The quantitative estimate of drug-likeness (QED) is 0.861. The van der Waals surface area contributed by atoms with Crippen LogP contribution in [0.15, 0.2) is 29.2 Å². The van der Waals surface area contributed by atoms with Crippen LogP contribution in [0.1, 0.15) is 12.0 Å². The van der Waals surface area contributed by atoms with E-state index in [2.05, 4.69) is 5.32 Å². The largest absolute Gasteiger partial charge is 0.417 e. The van der Waals surface area contributed by atoms with E-state index in [0.29, 0.717) is 4.90 Å². The Morgan fingerprint density at radius 2 is 2.00 bits per heavy atom. The number of hydrogen-bond donors (Lipinski definition) is 1. The Hall–Kier alpha value is -0.680. The fourth-order valence-electron chi connectivity index (χ4n) is 1.71. The summed E-state index contributed by atoms with van der Waals surface area (Å²) in [4.78, 5) is 0.337. The molecule has 1 N–H and O–H groups in total. The third-order valence-electron chi connectivity index (χ3n) is 2.50. The lowest BCUT2D eigenvalue weighted by molar-refractivity contribution is -0.139. The molecule has 1 fully saturated rings. The molecule has 1 aromatic rings. The monoisotopic (exact) mass is 247 g/mol. The van der Waals surface area contributed by atoms with Gasteiger partial charge in [-0.3, -0.25) is 0 Å². The Labute approximate surface area is 96.4 Å². The third kappa shape index (κ3) is 2.71. The Kier molecular flexibility index (Phi) is 3.44. The summed E-state index contributed by atoms with van der Waals surface area (Å²) >= 11 is 1.32. The molecule has 0 amide bonds. The summed E-state index contributed by atoms with van der Waals surface area (Å²) in [6.45, 7) is 1.68. The first-order valence-corrected chi connectivity index (χ1v) is 5.99. The predicted octanol–water partition coefficient (Wildman–Crippen LogP) is 3.16. The lowest BCUT2D eigenvalue weighted by Gasteiger charge is -2.14. The molecule has 0 spiro atoms. The summed E-state index contributed by atoms with van der Waals surface area (Å²) in [7, 11) is 0. The van der Waals surface area contributed by atoms with Gasteiger partial charge in [0, 0.05) is 16.7 Å². The second-order valence-electron chi connectivity index (χ2n) is 3.73. The van der Waals surface area contributed by atoms with Crippen LogP contribution in [0.2, 0.25) is 0 Å². The van der Waals surface area contributed by atoms with Crippen LogP contribution >= 0.6 is 11.8 Å². The van der Waals surface area contributed by atoms with Crippen LogP contribution in [0, 0.1) is 0 Å². The molecule has 0 aliphatic carbocycles. The first-order chi connectivity index (χ1) is 7.57. The van der Waals surface area contributed by atoms with Gasteiger partial charge < -0.3 is 5.32 Å². The number of thioether (sulfide) groups is 1. The maximum Gasteiger partial charge on any atom is 0.417 e. The Balaban J connectivity index is 2.19. The van der Waals surface area contributed by atoms with Gasteiger partial charge in [0.15, 0.2) is 0 Å². The Morgan fingerprint density at radius 3 is 2.62 bits per heavy atom. The lowest BCUT2D eigenvalue weighted by Crippen LogP contribution is -2.12. The molecular weight excluding hydrogens is 235 g/mol. The minimum absolute atomic E-state index is 0.253. The maximum atomic E-state index is 12.7. The summed E-state index contributed by atoms with van der Waals surface area (Å²) < 4.78 is 38.1. The Bertz CT molecular complexity index is 358. The molecule has 5 heteroatoms. The maximum absolute atomic E-state index is 12.7. The number of halogens is 3. The molecule has 1 saturated heterocycles. The van der Waals surface area contributed by atoms with Gasteiger partial charge in [-0.05, 0) is 25.1 Å². The van der Waals surface area contributed by atoms with Gasteiger partial charge in [-0.2, -0.15) is 13.2 Å². The molecule has 16 heavy (non-hydrogen) atoms. The molecule has 1 aromatic carbocycles. The number of hydrogen-bond acceptors (Lipinski definition) is 2. The Morgan fingerprint density at radius 1 is 1.25 bits per heavy atom. The molecule has 2 rings (SSSR count). The standard InChI is InChI=1S/C11H12F3NS/c12-11(13,14)9-3-1-2-4-10(9)16-8-5-6-15-7-8/h1-4,8,15H,5-7H2. The SMILES string of the molecule is FC(F)(F)c1ccccc1SC1CCNC1. The summed E-state index contributed by atoms with van der Waals surface area (Å²) in [6.07, 6.45) is -3.33. The smallest absolute Gasteiger partial charge is 0.316 e. The highest BCUT2D eigenvalue weighted by Gasteiger charge is 2.33. The van der Waals surface area contributed by atoms with Crippen LogP contribution in [-0.2, 0) is 6.18 Å². The summed E-state index contributed by atoms with van der Waals surface area (Å²) in [5.74, 6) is 0. The molecule has 88 valence electrons. The highest BCUT2D eigenvalue weighted by molar-refractivity contribution is 8.00. The molecule has 1 nitrogen and oxygen atoms in total. The van der Waals surface area contributed by atoms with Gasteiger partial charge in [-0.25, -0.2) is 0 Å². The van der Waals surface area contributed by atoms with Crippen molar-refractivity contribution in [2.75, 3.05) is 13.1 Å². The first-order valence-electron chi connectivity index (χ1n) is 5.11. The third-order valence-corrected chi connectivity index (χ3v) is 3.85. The van der Waals surface area contributed by atoms with Crippen LogP contribution in [-0.4, -0.2) is 18.3 Å². The van der Waals surface area contributed by atoms with Crippen LogP contribution in [0.25, 0.3) is 0 Å². The second-order valence-corrected chi connectivity index (χ2v) is 5.07. The van der Waals surface area contributed by atoms with Crippen LogP contribution in [0.5, 0.6) is 0 Å². The van der Waals surface area contributed by atoms with Crippen molar-refractivity contribution in [3.8, 4) is 0 Å². The zero-order valence-electron chi connectivity index (χ0n) is 8.55. The summed E-state index contributed by atoms with van der Waals surface area (Å²) in [5, 5.41) is 3.40. The number of benzene rings is 1. The molecule has 0 radical (unpaired) electrons. The molecule has 1 aliphatic rings. The van der Waals surface area contributed by atoms with Crippen molar-refractivity contribution < 1.29 is 13.2 Å². The van der Waals surface area contributed by atoms with E-state index in [1.165, 1.54) is 17.8 Å². The van der Waals surface area contributed by atoms with E-state index in [-0.39, 0.29) is 5.25 Å². The van der Waals surface area contributed by atoms with Gasteiger partial charge in [0.25, 0.3) is 0 Å². The zero-order chi connectivity index (χ0) is 11.6.